The van der Waals surface area contributed by atoms with Gasteiger partial charge in [0.05, 0.1) is 18.0 Å². The average molecular weight is 564 g/mol. The molecular formula is C27H31ClFN3O3S2. The third-order valence-electron chi connectivity index (χ3n) is 6.57. The van der Waals surface area contributed by atoms with Crippen molar-refractivity contribution in [2.75, 3.05) is 32.7 Å². The number of hydrogen-bond donors (Lipinski definition) is 0. The van der Waals surface area contributed by atoms with Crippen molar-refractivity contribution in [1.29, 1.82) is 0 Å². The Kier molecular flexibility index (Phi) is 9.36. The Hall–Kier alpha value is -2.30. The third kappa shape index (κ3) is 7.39. The molecule has 0 radical (unpaired) electrons. The lowest BCUT2D eigenvalue weighted by Gasteiger charge is -2.28. The lowest BCUT2D eigenvalue weighted by molar-refractivity contribution is -0.132. The summed E-state index contributed by atoms with van der Waals surface area (Å²) in [5.41, 5.74) is 1.84. The van der Waals surface area contributed by atoms with Crippen LogP contribution in [0.2, 0.25) is 5.02 Å². The zero-order valence-electron chi connectivity index (χ0n) is 20.8. The van der Waals surface area contributed by atoms with Crippen LogP contribution in [0, 0.1) is 12.7 Å². The molecule has 0 aliphatic carbocycles. The Morgan fingerprint density at radius 2 is 1.70 bits per heavy atom. The maximum absolute atomic E-state index is 13.7. The molecule has 1 aliphatic rings. The monoisotopic (exact) mass is 563 g/mol. The minimum absolute atomic E-state index is 0.102. The van der Waals surface area contributed by atoms with Crippen LogP contribution in [-0.2, 0) is 27.9 Å². The lowest BCUT2D eigenvalue weighted by Crippen LogP contribution is -2.45. The smallest absolute Gasteiger partial charge is 0.243 e. The zero-order chi connectivity index (χ0) is 26.4. The van der Waals surface area contributed by atoms with Crippen LogP contribution in [0.1, 0.15) is 28.8 Å². The van der Waals surface area contributed by atoms with Crippen LogP contribution in [-0.4, -0.2) is 61.2 Å². The standard InChI is InChI=1S/C27H31ClFN3O3S2/c1-21-12-17-36-26(21)19-31(18-22-4-8-24(29)9-5-22)27(33)20-32(16-15-30-13-2-3-14-30)37(34,35)25-10-6-23(28)7-11-25/h4-12,17H,2-3,13-16,18-20H2,1H3. The van der Waals surface area contributed by atoms with E-state index in [0.29, 0.717) is 18.1 Å². The van der Waals surface area contributed by atoms with E-state index in [2.05, 4.69) is 4.90 Å². The maximum Gasteiger partial charge on any atom is 0.243 e. The van der Waals surface area contributed by atoms with Crippen LogP contribution >= 0.6 is 22.9 Å². The highest BCUT2D eigenvalue weighted by Crippen LogP contribution is 2.22. The van der Waals surface area contributed by atoms with Gasteiger partial charge in [0.2, 0.25) is 15.9 Å². The van der Waals surface area contributed by atoms with E-state index in [4.69, 9.17) is 11.6 Å². The fraction of sp³-hybridized carbons (Fsp3) is 0.370. The Morgan fingerprint density at radius 3 is 2.32 bits per heavy atom. The van der Waals surface area contributed by atoms with Crippen molar-refractivity contribution in [3.05, 3.63) is 86.8 Å². The largest absolute Gasteiger partial charge is 0.332 e. The van der Waals surface area contributed by atoms with Crippen molar-refractivity contribution in [2.24, 2.45) is 0 Å². The van der Waals surface area contributed by atoms with Gasteiger partial charge in [-0.05, 0) is 91.8 Å². The van der Waals surface area contributed by atoms with Crippen molar-refractivity contribution in [3.8, 4) is 0 Å². The van der Waals surface area contributed by atoms with Gasteiger partial charge in [0.15, 0.2) is 0 Å². The normalized spacial score (nSPS) is 14.4. The molecule has 0 spiro atoms. The minimum atomic E-state index is -3.93. The number of halogens is 2. The highest BCUT2D eigenvalue weighted by Gasteiger charge is 2.29. The topological polar surface area (TPSA) is 60.9 Å². The van der Waals surface area contributed by atoms with E-state index in [1.165, 1.54) is 40.7 Å². The molecule has 0 unspecified atom stereocenters. The van der Waals surface area contributed by atoms with E-state index in [-0.39, 0.29) is 36.3 Å². The molecule has 1 saturated heterocycles. The first-order valence-corrected chi connectivity index (χ1v) is 15.0. The summed E-state index contributed by atoms with van der Waals surface area (Å²) in [4.78, 5) is 18.7. The van der Waals surface area contributed by atoms with Gasteiger partial charge in [0.1, 0.15) is 5.82 Å². The molecule has 2 heterocycles. The zero-order valence-corrected chi connectivity index (χ0v) is 23.2. The summed E-state index contributed by atoms with van der Waals surface area (Å²) in [6, 6.07) is 14.0. The Labute approximate surface area is 227 Å². The predicted molar refractivity (Wildman–Crippen MR) is 146 cm³/mol. The molecule has 10 heteroatoms. The van der Waals surface area contributed by atoms with Gasteiger partial charge in [0, 0.05) is 29.5 Å². The molecule has 37 heavy (non-hydrogen) atoms. The molecular weight excluding hydrogens is 533 g/mol. The molecule has 6 nitrogen and oxygen atoms in total. The number of carbonyl (C=O) groups excluding carboxylic acids is 1. The predicted octanol–water partition coefficient (Wildman–Crippen LogP) is 5.16. The third-order valence-corrected chi connectivity index (χ3v) is 9.69. The van der Waals surface area contributed by atoms with Gasteiger partial charge in [-0.25, -0.2) is 12.8 Å². The number of rotatable bonds is 11. The maximum atomic E-state index is 13.7. The highest BCUT2D eigenvalue weighted by molar-refractivity contribution is 7.89. The first-order valence-electron chi connectivity index (χ1n) is 12.3. The number of hydrogen-bond acceptors (Lipinski definition) is 5. The number of amides is 1. The van der Waals surface area contributed by atoms with E-state index in [1.807, 2.05) is 18.4 Å². The van der Waals surface area contributed by atoms with Crippen molar-refractivity contribution in [1.82, 2.24) is 14.1 Å². The summed E-state index contributed by atoms with van der Waals surface area (Å²) in [5.74, 6) is -0.658. The van der Waals surface area contributed by atoms with Gasteiger partial charge in [-0.15, -0.1) is 11.3 Å². The molecule has 0 bridgehead atoms. The second-order valence-electron chi connectivity index (χ2n) is 9.24. The summed E-state index contributed by atoms with van der Waals surface area (Å²) in [6.07, 6.45) is 2.18. The summed E-state index contributed by atoms with van der Waals surface area (Å²) < 4.78 is 42.0. The lowest BCUT2D eigenvalue weighted by atomic mass is 10.2. The number of thiophene rings is 1. The molecule has 1 aromatic heterocycles. The van der Waals surface area contributed by atoms with E-state index >= 15 is 0 Å². The van der Waals surface area contributed by atoms with Gasteiger partial charge in [0.25, 0.3) is 0 Å². The second kappa shape index (κ2) is 12.5. The SMILES string of the molecule is Cc1ccsc1CN(Cc1ccc(F)cc1)C(=O)CN(CCN1CCCC1)S(=O)(=O)c1ccc(Cl)cc1. The number of benzene rings is 2. The summed E-state index contributed by atoms with van der Waals surface area (Å²) in [6.45, 7) is 4.91. The minimum Gasteiger partial charge on any atom is -0.332 e. The highest BCUT2D eigenvalue weighted by atomic mass is 35.5. The second-order valence-corrected chi connectivity index (χ2v) is 12.6. The van der Waals surface area contributed by atoms with E-state index in [0.717, 1.165) is 41.9 Å². The van der Waals surface area contributed by atoms with Crippen LogP contribution in [0.4, 0.5) is 4.39 Å². The number of sulfonamides is 1. The van der Waals surface area contributed by atoms with Crippen molar-refractivity contribution >= 4 is 38.9 Å². The number of aryl methyl sites for hydroxylation is 1. The first-order chi connectivity index (χ1) is 17.7. The molecule has 3 aromatic rings. The van der Waals surface area contributed by atoms with E-state index < -0.39 is 10.0 Å². The van der Waals surface area contributed by atoms with E-state index in [1.54, 1.807) is 28.4 Å². The quantitative estimate of drug-likeness (QED) is 0.323. The van der Waals surface area contributed by atoms with E-state index in [9.17, 15) is 17.6 Å². The number of likely N-dealkylation sites (tertiary alicyclic amines) is 1. The molecule has 1 aliphatic heterocycles. The molecule has 2 aromatic carbocycles. The first kappa shape index (κ1) is 27.7. The summed E-state index contributed by atoms with van der Waals surface area (Å²) in [7, 11) is -3.93. The van der Waals surface area contributed by atoms with Crippen molar-refractivity contribution in [3.63, 3.8) is 0 Å². The Bertz CT molecular complexity index is 1290. The molecule has 4 rings (SSSR count). The molecule has 0 atom stereocenters. The fourth-order valence-corrected chi connectivity index (χ4v) is 6.76. The Morgan fingerprint density at radius 1 is 1.03 bits per heavy atom. The van der Waals surface area contributed by atoms with Gasteiger partial charge in [-0.3, -0.25) is 4.79 Å². The molecule has 0 N–H and O–H groups in total. The number of carbonyl (C=O) groups is 1. The molecule has 198 valence electrons. The van der Waals surface area contributed by atoms with Crippen LogP contribution in [0.25, 0.3) is 0 Å². The van der Waals surface area contributed by atoms with Gasteiger partial charge in [-0.2, -0.15) is 4.31 Å². The summed E-state index contributed by atoms with van der Waals surface area (Å²) >= 11 is 7.54. The Balaban J connectivity index is 1.59. The van der Waals surface area contributed by atoms with Gasteiger partial charge >= 0.3 is 0 Å². The van der Waals surface area contributed by atoms with Gasteiger partial charge < -0.3 is 9.80 Å². The molecule has 0 saturated carbocycles. The number of nitrogens with zero attached hydrogens (tertiary/aromatic N) is 3. The fourth-order valence-electron chi connectivity index (χ4n) is 4.33. The summed E-state index contributed by atoms with van der Waals surface area (Å²) in [5, 5.41) is 2.41. The van der Waals surface area contributed by atoms with Crippen LogP contribution in [0.15, 0.2) is 64.9 Å². The van der Waals surface area contributed by atoms with Crippen LogP contribution in [0.3, 0.4) is 0 Å². The van der Waals surface area contributed by atoms with Gasteiger partial charge in [-0.1, -0.05) is 23.7 Å². The molecule has 1 fully saturated rings. The molecule has 1 amide bonds. The van der Waals surface area contributed by atoms with Crippen LogP contribution in [0.5, 0.6) is 0 Å². The van der Waals surface area contributed by atoms with Crippen LogP contribution < -0.4 is 0 Å². The van der Waals surface area contributed by atoms with Crippen molar-refractivity contribution < 1.29 is 17.6 Å². The average Bonchev–Trinajstić information content (AvgIpc) is 3.54. The van der Waals surface area contributed by atoms with Crippen molar-refractivity contribution in [2.45, 2.75) is 37.8 Å².